The van der Waals surface area contributed by atoms with Gasteiger partial charge in [0.1, 0.15) is 0 Å². The lowest BCUT2D eigenvalue weighted by Crippen LogP contribution is -2.41. The Morgan fingerprint density at radius 3 is 2.25 bits per heavy atom. The molecule has 70 valence electrons. The van der Waals surface area contributed by atoms with E-state index in [-0.39, 0.29) is 0 Å². The zero-order valence-electron chi connectivity index (χ0n) is 8.96. The molecule has 0 radical (unpaired) electrons. The molecule has 0 bridgehead atoms. The first kappa shape index (κ1) is 9.63. The van der Waals surface area contributed by atoms with E-state index in [9.17, 15) is 0 Å². The van der Waals surface area contributed by atoms with E-state index in [2.05, 4.69) is 51.8 Å². The first-order valence-corrected chi connectivity index (χ1v) is 4.87. The molecule has 0 aromatic carbocycles. The van der Waals surface area contributed by atoms with E-state index in [4.69, 9.17) is 0 Å². The van der Waals surface area contributed by atoms with Gasteiger partial charge in [0.05, 0.1) is 0 Å². The summed E-state index contributed by atoms with van der Waals surface area (Å²) in [7, 11) is 0. The quantitative estimate of drug-likeness (QED) is 0.580. The second-order valence-corrected chi connectivity index (χ2v) is 5.04. The minimum Gasteiger partial charge on any atom is -0.372 e. The van der Waals surface area contributed by atoms with Gasteiger partial charge < -0.3 is 4.90 Å². The predicted molar refractivity (Wildman–Crippen MR) is 54.0 cm³/mol. The highest BCUT2D eigenvalue weighted by molar-refractivity contribution is 5.03. The summed E-state index contributed by atoms with van der Waals surface area (Å²) >= 11 is 0. The highest BCUT2D eigenvalue weighted by Gasteiger charge is 2.31. The lowest BCUT2D eigenvalue weighted by atomic mass is 9.84. The van der Waals surface area contributed by atoms with E-state index in [0.29, 0.717) is 17.5 Å². The summed E-state index contributed by atoms with van der Waals surface area (Å²) in [5.41, 5.74) is 0.397. The van der Waals surface area contributed by atoms with Crippen molar-refractivity contribution in [1.82, 2.24) is 4.90 Å². The van der Waals surface area contributed by atoms with Gasteiger partial charge in [-0.3, -0.25) is 0 Å². The van der Waals surface area contributed by atoms with Crippen LogP contribution in [0.4, 0.5) is 0 Å². The summed E-state index contributed by atoms with van der Waals surface area (Å²) in [6.45, 7) is 11.5. The third-order valence-corrected chi connectivity index (χ3v) is 2.59. The van der Waals surface area contributed by atoms with Crippen LogP contribution >= 0.6 is 0 Å². The summed E-state index contributed by atoms with van der Waals surface area (Å²) in [6, 6.07) is 1.32. The van der Waals surface area contributed by atoms with Gasteiger partial charge in [0, 0.05) is 12.1 Å². The summed E-state index contributed by atoms with van der Waals surface area (Å²) in [5.74, 6) is 0. The molecule has 1 rings (SSSR count). The number of nitrogens with zero attached hydrogens (tertiary/aromatic N) is 1. The third-order valence-electron chi connectivity index (χ3n) is 2.59. The number of rotatable bonds is 1. The molecule has 12 heavy (non-hydrogen) atoms. The highest BCUT2D eigenvalue weighted by atomic mass is 15.2. The largest absolute Gasteiger partial charge is 0.372 e. The Bertz CT molecular complexity index is 174. The van der Waals surface area contributed by atoms with Gasteiger partial charge in [0.15, 0.2) is 0 Å². The standard InChI is InChI=1S/C11H21N/c1-9(2)12-8-6-7-10(12)11(3,4)5/h6,8-10H,7H2,1-5H3. The summed E-state index contributed by atoms with van der Waals surface area (Å²) in [4.78, 5) is 2.47. The van der Waals surface area contributed by atoms with Crippen molar-refractivity contribution in [1.29, 1.82) is 0 Å². The smallest absolute Gasteiger partial charge is 0.0370 e. The SMILES string of the molecule is CC(C)N1C=CCC1C(C)(C)C. The van der Waals surface area contributed by atoms with Crippen molar-refractivity contribution in [2.24, 2.45) is 5.41 Å². The molecule has 0 saturated heterocycles. The minimum absolute atomic E-state index is 0.397. The molecule has 0 aromatic heterocycles. The Labute approximate surface area is 76.5 Å². The molecule has 0 N–H and O–H groups in total. The second-order valence-electron chi connectivity index (χ2n) is 5.04. The van der Waals surface area contributed by atoms with Crippen LogP contribution in [0.3, 0.4) is 0 Å². The molecule has 1 aliphatic heterocycles. The zero-order valence-corrected chi connectivity index (χ0v) is 8.96. The molecule has 0 saturated carbocycles. The number of hydrogen-bond donors (Lipinski definition) is 0. The first-order chi connectivity index (χ1) is 5.43. The van der Waals surface area contributed by atoms with E-state index in [1.165, 1.54) is 6.42 Å². The van der Waals surface area contributed by atoms with Gasteiger partial charge in [0.2, 0.25) is 0 Å². The Kier molecular flexibility index (Phi) is 2.50. The number of hydrogen-bond acceptors (Lipinski definition) is 1. The van der Waals surface area contributed by atoms with Crippen LogP contribution in [0.25, 0.3) is 0 Å². The van der Waals surface area contributed by atoms with Crippen LogP contribution in [-0.4, -0.2) is 17.0 Å². The Morgan fingerprint density at radius 1 is 1.33 bits per heavy atom. The van der Waals surface area contributed by atoms with Crippen molar-refractivity contribution >= 4 is 0 Å². The third kappa shape index (κ3) is 1.82. The average molecular weight is 167 g/mol. The second kappa shape index (κ2) is 3.12. The van der Waals surface area contributed by atoms with Gasteiger partial charge in [-0.2, -0.15) is 0 Å². The Morgan fingerprint density at radius 2 is 1.92 bits per heavy atom. The maximum absolute atomic E-state index is 2.47. The van der Waals surface area contributed by atoms with Crippen molar-refractivity contribution in [2.75, 3.05) is 0 Å². The fraction of sp³-hybridized carbons (Fsp3) is 0.818. The molecule has 0 aliphatic carbocycles. The summed E-state index contributed by atoms with van der Waals surface area (Å²) in [6.07, 6.45) is 5.75. The van der Waals surface area contributed by atoms with Gasteiger partial charge in [-0.15, -0.1) is 0 Å². The molecule has 0 spiro atoms. The van der Waals surface area contributed by atoms with E-state index in [1.54, 1.807) is 0 Å². The topological polar surface area (TPSA) is 3.24 Å². The van der Waals surface area contributed by atoms with E-state index < -0.39 is 0 Å². The lowest BCUT2D eigenvalue weighted by Gasteiger charge is -2.38. The molecular formula is C11H21N. The van der Waals surface area contributed by atoms with Crippen molar-refractivity contribution in [3.63, 3.8) is 0 Å². The highest BCUT2D eigenvalue weighted by Crippen LogP contribution is 2.32. The molecule has 1 unspecified atom stereocenters. The van der Waals surface area contributed by atoms with Crippen LogP contribution in [0.1, 0.15) is 41.0 Å². The Hall–Kier alpha value is -0.460. The monoisotopic (exact) mass is 167 g/mol. The normalized spacial score (nSPS) is 24.2. The van der Waals surface area contributed by atoms with Crippen LogP contribution in [0.2, 0.25) is 0 Å². The van der Waals surface area contributed by atoms with Gasteiger partial charge in [0.25, 0.3) is 0 Å². The van der Waals surface area contributed by atoms with Crippen molar-refractivity contribution < 1.29 is 0 Å². The average Bonchev–Trinajstić information content (AvgIpc) is 2.30. The molecule has 1 heteroatoms. The van der Waals surface area contributed by atoms with E-state index in [1.807, 2.05) is 0 Å². The molecule has 0 fully saturated rings. The maximum atomic E-state index is 2.47. The molecule has 1 aliphatic rings. The van der Waals surface area contributed by atoms with Gasteiger partial charge >= 0.3 is 0 Å². The lowest BCUT2D eigenvalue weighted by molar-refractivity contribution is 0.136. The van der Waals surface area contributed by atoms with Gasteiger partial charge in [-0.1, -0.05) is 26.8 Å². The van der Waals surface area contributed by atoms with Gasteiger partial charge in [-0.25, -0.2) is 0 Å². The van der Waals surface area contributed by atoms with E-state index >= 15 is 0 Å². The molecule has 1 atom stereocenters. The van der Waals surface area contributed by atoms with Crippen molar-refractivity contribution in [3.05, 3.63) is 12.3 Å². The van der Waals surface area contributed by atoms with Crippen LogP contribution in [-0.2, 0) is 0 Å². The maximum Gasteiger partial charge on any atom is 0.0370 e. The molecule has 0 aromatic rings. The fourth-order valence-corrected chi connectivity index (χ4v) is 1.87. The van der Waals surface area contributed by atoms with Crippen LogP contribution in [0.5, 0.6) is 0 Å². The molecule has 0 amide bonds. The minimum atomic E-state index is 0.397. The molecule has 1 nitrogen and oxygen atoms in total. The van der Waals surface area contributed by atoms with Crippen LogP contribution < -0.4 is 0 Å². The first-order valence-electron chi connectivity index (χ1n) is 4.87. The Balaban J connectivity index is 2.69. The van der Waals surface area contributed by atoms with Gasteiger partial charge in [-0.05, 0) is 31.9 Å². The molecular weight excluding hydrogens is 146 g/mol. The molecule has 1 heterocycles. The van der Waals surface area contributed by atoms with E-state index in [0.717, 1.165) is 0 Å². The predicted octanol–water partition coefficient (Wildman–Crippen LogP) is 3.03. The van der Waals surface area contributed by atoms with Crippen LogP contribution in [0, 0.1) is 5.41 Å². The summed E-state index contributed by atoms with van der Waals surface area (Å²) < 4.78 is 0. The van der Waals surface area contributed by atoms with Crippen LogP contribution in [0.15, 0.2) is 12.3 Å². The fourth-order valence-electron chi connectivity index (χ4n) is 1.87. The zero-order chi connectivity index (χ0) is 9.35. The van der Waals surface area contributed by atoms with Crippen molar-refractivity contribution in [3.8, 4) is 0 Å². The van der Waals surface area contributed by atoms with Crippen molar-refractivity contribution in [2.45, 2.75) is 53.1 Å². The summed E-state index contributed by atoms with van der Waals surface area (Å²) in [5, 5.41) is 0.